The molecule has 4 rings (SSSR count). The predicted octanol–water partition coefficient (Wildman–Crippen LogP) is 5.62. The summed E-state index contributed by atoms with van der Waals surface area (Å²) in [5.74, 6) is 1.58. The van der Waals surface area contributed by atoms with Crippen molar-refractivity contribution in [2.45, 2.75) is 32.1 Å². The van der Waals surface area contributed by atoms with Gasteiger partial charge in [-0.3, -0.25) is 0 Å². The van der Waals surface area contributed by atoms with Crippen molar-refractivity contribution in [2.75, 3.05) is 41.7 Å². The number of rotatable bonds is 10. The van der Waals surface area contributed by atoms with E-state index in [0.29, 0.717) is 30.3 Å². The lowest BCUT2D eigenvalue weighted by Gasteiger charge is -2.36. The van der Waals surface area contributed by atoms with E-state index in [9.17, 15) is 8.78 Å². The van der Waals surface area contributed by atoms with Gasteiger partial charge in [-0.25, -0.2) is 8.78 Å². The molecule has 8 heteroatoms. The van der Waals surface area contributed by atoms with Crippen LogP contribution in [0.15, 0.2) is 61.2 Å². The van der Waals surface area contributed by atoms with Crippen molar-refractivity contribution in [3.63, 3.8) is 0 Å². The molecule has 184 valence electrons. The van der Waals surface area contributed by atoms with Gasteiger partial charge in [-0.15, -0.1) is 6.58 Å². The van der Waals surface area contributed by atoms with Crippen molar-refractivity contribution in [1.82, 2.24) is 15.0 Å². The Morgan fingerprint density at radius 3 is 1.97 bits per heavy atom. The van der Waals surface area contributed by atoms with Gasteiger partial charge in [0.05, 0.1) is 0 Å². The van der Waals surface area contributed by atoms with Crippen molar-refractivity contribution < 1.29 is 8.78 Å². The summed E-state index contributed by atoms with van der Waals surface area (Å²) in [5, 5.41) is 6.42. The molecule has 35 heavy (non-hydrogen) atoms. The SMILES string of the molecule is C=CCNc1nc(NCCC)nc(N2CCC(C(c3ccc(F)cc3)c3ccc(F)cc3)CC2)n1. The molecule has 1 aliphatic rings. The van der Waals surface area contributed by atoms with Crippen LogP contribution in [0.1, 0.15) is 43.2 Å². The number of nitrogens with zero attached hydrogens (tertiary/aromatic N) is 4. The lowest BCUT2D eigenvalue weighted by Crippen LogP contribution is -2.37. The highest BCUT2D eigenvalue weighted by Crippen LogP contribution is 2.38. The summed E-state index contributed by atoms with van der Waals surface area (Å²) >= 11 is 0. The topological polar surface area (TPSA) is 66.0 Å². The summed E-state index contributed by atoms with van der Waals surface area (Å²) in [6.45, 7) is 8.74. The Hall–Kier alpha value is -3.55. The van der Waals surface area contributed by atoms with Gasteiger partial charge in [-0.1, -0.05) is 37.3 Å². The predicted molar refractivity (Wildman–Crippen MR) is 137 cm³/mol. The third-order valence-electron chi connectivity index (χ3n) is 6.31. The molecule has 0 bridgehead atoms. The quantitative estimate of drug-likeness (QED) is 0.369. The van der Waals surface area contributed by atoms with E-state index in [0.717, 1.165) is 50.0 Å². The molecule has 2 heterocycles. The summed E-state index contributed by atoms with van der Waals surface area (Å²) in [7, 11) is 0. The molecule has 0 aliphatic carbocycles. The number of piperidine rings is 1. The first-order valence-corrected chi connectivity index (χ1v) is 12.2. The molecule has 0 spiro atoms. The first-order chi connectivity index (χ1) is 17.1. The number of aromatic nitrogens is 3. The first kappa shape index (κ1) is 24.6. The summed E-state index contributed by atoms with van der Waals surface area (Å²) in [4.78, 5) is 15.9. The second-order valence-electron chi connectivity index (χ2n) is 8.78. The summed E-state index contributed by atoms with van der Waals surface area (Å²) in [5.41, 5.74) is 2.08. The summed E-state index contributed by atoms with van der Waals surface area (Å²) in [6, 6.07) is 13.3. The van der Waals surface area contributed by atoms with Gasteiger partial charge in [0, 0.05) is 32.1 Å². The molecule has 0 unspecified atom stereocenters. The smallest absolute Gasteiger partial charge is 0.231 e. The fourth-order valence-corrected chi connectivity index (χ4v) is 4.57. The van der Waals surface area contributed by atoms with Crippen molar-refractivity contribution in [2.24, 2.45) is 5.92 Å². The van der Waals surface area contributed by atoms with Crippen LogP contribution >= 0.6 is 0 Å². The Kier molecular flexibility index (Phi) is 8.23. The molecule has 0 saturated carbocycles. The average molecular weight is 479 g/mol. The Morgan fingerprint density at radius 2 is 1.46 bits per heavy atom. The fourth-order valence-electron chi connectivity index (χ4n) is 4.57. The molecular formula is C27H32F2N6. The van der Waals surface area contributed by atoms with Crippen molar-refractivity contribution in [1.29, 1.82) is 0 Å². The van der Waals surface area contributed by atoms with Crippen molar-refractivity contribution in [3.05, 3.63) is 83.9 Å². The van der Waals surface area contributed by atoms with Gasteiger partial charge in [0.1, 0.15) is 11.6 Å². The van der Waals surface area contributed by atoms with Crippen molar-refractivity contribution >= 4 is 17.8 Å². The monoisotopic (exact) mass is 478 g/mol. The Labute approximate surface area is 205 Å². The number of hydrogen-bond donors (Lipinski definition) is 2. The molecule has 2 N–H and O–H groups in total. The Morgan fingerprint density at radius 1 is 0.914 bits per heavy atom. The Balaban J connectivity index is 1.54. The first-order valence-electron chi connectivity index (χ1n) is 12.2. The van der Waals surface area contributed by atoms with Gasteiger partial charge in [-0.2, -0.15) is 15.0 Å². The molecule has 6 nitrogen and oxygen atoms in total. The normalized spacial score (nSPS) is 14.2. The molecular weight excluding hydrogens is 446 g/mol. The van der Waals surface area contributed by atoms with E-state index in [1.807, 2.05) is 24.3 Å². The van der Waals surface area contributed by atoms with Gasteiger partial charge in [0.15, 0.2) is 0 Å². The molecule has 1 aromatic heterocycles. The maximum absolute atomic E-state index is 13.6. The minimum atomic E-state index is -0.260. The lowest BCUT2D eigenvalue weighted by atomic mass is 9.76. The van der Waals surface area contributed by atoms with Gasteiger partial charge in [0.25, 0.3) is 0 Å². The van der Waals surface area contributed by atoms with E-state index >= 15 is 0 Å². The Bertz CT molecular complexity index is 1050. The average Bonchev–Trinajstić information content (AvgIpc) is 2.89. The molecule has 0 radical (unpaired) electrons. The highest BCUT2D eigenvalue weighted by molar-refractivity contribution is 5.44. The molecule has 0 amide bonds. The number of hydrogen-bond acceptors (Lipinski definition) is 6. The third kappa shape index (κ3) is 6.32. The van der Waals surface area contributed by atoms with Crippen LogP contribution < -0.4 is 15.5 Å². The van der Waals surface area contributed by atoms with Gasteiger partial charge in [0.2, 0.25) is 17.8 Å². The van der Waals surface area contributed by atoms with E-state index in [-0.39, 0.29) is 17.6 Å². The van der Waals surface area contributed by atoms with Gasteiger partial charge < -0.3 is 15.5 Å². The zero-order chi connectivity index (χ0) is 24.6. The minimum Gasteiger partial charge on any atom is -0.354 e. The highest BCUT2D eigenvalue weighted by Gasteiger charge is 2.30. The van der Waals surface area contributed by atoms with Crippen LogP contribution in [0.5, 0.6) is 0 Å². The molecule has 1 saturated heterocycles. The molecule has 1 aliphatic heterocycles. The summed E-state index contributed by atoms with van der Waals surface area (Å²) < 4.78 is 27.2. The van der Waals surface area contributed by atoms with Gasteiger partial charge >= 0.3 is 0 Å². The zero-order valence-corrected chi connectivity index (χ0v) is 20.1. The van der Waals surface area contributed by atoms with E-state index in [1.54, 1.807) is 6.08 Å². The molecule has 0 atom stereocenters. The van der Waals surface area contributed by atoms with E-state index < -0.39 is 0 Å². The maximum Gasteiger partial charge on any atom is 0.231 e. The van der Waals surface area contributed by atoms with Crippen LogP contribution in [-0.4, -0.2) is 41.1 Å². The minimum absolute atomic E-state index is 0.0586. The maximum atomic E-state index is 13.6. The standard InChI is InChI=1S/C27H32F2N6/c1-3-15-30-25-32-26(31-16-4-2)34-27(33-25)35-17-13-21(14-18-35)24(19-5-9-22(28)10-6-19)20-7-11-23(29)12-8-20/h3,5-12,21,24H,1,4,13-18H2,2H3,(H2,30,31,32,33,34). The fraction of sp³-hybridized carbons (Fsp3) is 0.370. The number of anilines is 3. The van der Waals surface area contributed by atoms with Crippen LogP contribution in [0.3, 0.4) is 0 Å². The van der Waals surface area contributed by atoms with Crippen LogP contribution in [0.25, 0.3) is 0 Å². The third-order valence-corrected chi connectivity index (χ3v) is 6.31. The van der Waals surface area contributed by atoms with Crippen LogP contribution in [-0.2, 0) is 0 Å². The van der Waals surface area contributed by atoms with Crippen LogP contribution in [0, 0.1) is 17.6 Å². The number of nitrogens with one attached hydrogen (secondary N) is 2. The second kappa shape index (κ2) is 11.7. The van der Waals surface area contributed by atoms with Gasteiger partial charge in [-0.05, 0) is 60.6 Å². The van der Waals surface area contributed by atoms with E-state index in [4.69, 9.17) is 0 Å². The highest BCUT2D eigenvalue weighted by atomic mass is 19.1. The number of benzene rings is 2. The van der Waals surface area contributed by atoms with E-state index in [1.165, 1.54) is 24.3 Å². The van der Waals surface area contributed by atoms with Crippen molar-refractivity contribution in [3.8, 4) is 0 Å². The van der Waals surface area contributed by atoms with Crippen LogP contribution in [0.4, 0.5) is 26.6 Å². The second-order valence-corrected chi connectivity index (χ2v) is 8.78. The van der Waals surface area contributed by atoms with E-state index in [2.05, 4.69) is 44.0 Å². The van der Waals surface area contributed by atoms with Crippen LogP contribution in [0.2, 0.25) is 0 Å². The zero-order valence-electron chi connectivity index (χ0n) is 20.1. The summed E-state index contributed by atoms with van der Waals surface area (Å²) in [6.07, 6.45) is 4.53. The lowest BCUT2D eigenvalue weighted by molar-refractivity contribution is 0.365. The molecule has 1 fully saturated rings. The molecule has 2 aromatic carbocycles. The number of halogens is 2. The largest absolute Gasteiger partial charge is 0.354 e. The molecule has 3 aromatic rings.